The van der Waals surface area contributed by atoms with Gasteiger partial charge in [-0.1, -0.05) is 0 Å². The molecule has 1 atom stereocenters. The van der Waals surface area contributed by atoms with Crippen LogP contribution in [0, 0.1) is 11.3 Å². The predicted molar refractivity (Wildman–Crippen MR) is 118 cm³/mol. The average Bonchev–Trinajstić information content (AvgIpc) is 2.97. The van der Waals surface area contributed by atoms with Crippen molar-refractivity contribution in [2.24, 2.45) is 11.3 Å². The number of aromatic hydroxyl groups is 1. The van der Waals surface area contributed by atoms with Crippen molar-refractivity contribution in [3.63, 3.8) is 0 Å². The van der Waals surface area contributed by atoms with E-state index in [1.165, 1.54) is 32.0 Å². The van der Waals surface area contributed by atoms with Gasteiger partial charge in [0.05, 0.1) is 22.9 Å². The molecule has 9 nitrogen and oxygen atoms in total. The van der Waals surface area contributed by atoms with Crippen LogP contribution < -0.4 is 10.6 Å². The predicted octanol–water partition coefficient (Wildman–Crippen LogP) is 1.23. The van der Waals surface area contributed by atoms with Crippen LogP contribution in [-0.4, -0.2) is 78.7 Å². The molecular formula is C23H30N4O5. The molecule has 1 aromatic carbocycles. The first-order valence-corrected chi connectivity index (χ1v) is 11.1. The summed E-state index contributed by atoms with van der Waals surface area (Å²) >= 11 is 0. The summed E-state index contributed by atoms with van der Waals surface area (Å²) in [7, 11) is 3.61. The van der Waals surface area contributed by atoms with E-state index in [-0.39, 0.29) is 41.3 Å². The van der Waals surface area contributed by atoms with Crippen molar-refractivity contribution in [3.8, 4) is 5.75 Å². The average molecular weight is 443 g/mol. The number of nitrogens with one attached hydrogen (secondary N) is 2. The third kappa shape index (κ3) is 3.85. The Kier molecular flexibility index (Phi) is 5.94. The summed E-state index contributed by atoms with van der Waals surface area (Å²) in [5.74, 6) is -0.979. The summed E-state index contributed by atoms with van der Waals surface area (Å²) in [6.07, 6.45) is 3.90. The van der Waals surface area contributed by atoms with Crippen molar-refractivity contribution in [2.75, 3.05) is 39.0 Å². The van der Waals surface area contributed by atoms with E-state index >= 15 is 0 Å². The molecule has 2 heterocycles. The topological polar surface area (TPSA) is 119 Å². The molecule has 3 N–H and O–H groups in total. The van der Waals surface area contributed by atoms with Gasteiger partial charge in [0.2, 0.25) is 5.91 Å². The van der Waals surface area contributed by atoms with Gasteiger partial charge >= 0.3 is 0 Å². The van der Waals surface area contributed by atoms with Crippen LogP contribution in [0.3, 0.4) is 0 Å². The Labute approximate surface area is 187 Å². The quantitative estimate of drug-likeness (QED) is 0.299. The lowest BCUT2D eigenvalue weighted by atomic mass is 9.57. The first kappa shape index (κ1) is 22.3. The molecule has 0 bridgehead atoms. The lowest BCUT2D eigenvalue weighted by Crippen LogP contribution is -2.60. The molecule has 1 unspecified atom stereocenters. The van der Waals surface area contributed by atoms with Gasteiger partial charge in [0.25, 0.3) is 11.8 Å². The van der Waals surface area contributed by atoms with E-state index in [1.807, 2.05) is 0 Å². The normalized spacial score (nSPS) is 20.5. The molecule has 1 saturated carbocycles. The fraction of sp³-hybridized carbons (Fsp3) is 0.565. The minimum atomic E-state index is -1.04. The highest BCUT2D eigenvalue weighted by Gasteiger charge is 2.50. The highest BCUT2D eigenvalue weighted by molar-refractivity contribution is 6.25. The van der Waals surface area contributed by atoms with Crippen LogP contribution >= 0.6 is 0 Å². The third-order valence-corrected chi connectivity index (χ3v) is 7.01. The van der Waals surface area contributed by atoms with Crippen LogP contribution in [0.1, 0.15) is 52.8 Å². The van der Waals surface area contributed by atoms with Gasteiger partial charge in [-0.05, 0) is 56.2 Å². The number of carbonyl (C=O) groups excluding carboxylic acids is 4. The monoisotopic (exact) mass is 442 g/mol. The first-order valence-electron chi connectivity index (χ1n) is 11.1. The van der Waals surface area contributed by atoms with Crippen molar-refractivity contribution < 1.29 is 24.3 Å². The molecule has 0 radical (unpaired) electrons. The summed E-state index contributed by atoms with van der Waals surface area (Å²) in [6, 6.07) is 1.75. The van der Waals surface area contributed by atoms with E-state index in [2.05, 4.69) is 22.6 Å². The molecule has 32 heavy (non-hydrogen) atoms. The molecule has 9 heteroatoms. The van der Waals surface area contributed by atoms with Crippen LogP contribution in [0.4, 0.5) is 5.69 Å². The molecule has 2 fully saturated rings. The number of hydrogen-bond donors (Lipinski definition) is 3. The fourth-order valence-corrected chi connectivity index (χ4v) is 5.60. The maximum atomic E-state index is 13.1. The number of imide groups is 1. The largest absolute Gasteiger partial charge is 0.506 e. The summed E-state index contributed by atoms with van der Waals surface area (Å²) < 4.78 is 0. The van der Waals surface area contributed by atoms with Crippen LogP contribution in [-0.2, 0) is 9.59 Å². The standard InChI is InChI=1S/C23H30N4O5/c1-24-18(30)6-3-15(11-28)27-21(31)16-4-5-17(29)20(19(16)22(27)32)25-8-7-14-9-23(10-14)12-26(2)13-23/h4-5,11,14-15,25,29H,3,6-10,12-13H2,1-2H3,(H,24,30). The number of nitrogens with zero attached hydrogens (tertiary/aromatic N) is 2. The van der Waals surface area contributed by atoms with Gasteiger partial charge in [-0.3, -0.25) is 19.3 Å². The Balaban J connectivity index is 1.42. The summed E-state index contributed by atoms with van der Waals surface area (Å²) in [5, 5.41) is 16.0. The van der Waals surface area contributed by atoms with Gasteiger partial charge < -0.3 is 25.4 Å². The third-order valence-electron chi connectivity index (χ3n) is 7.01. The fourth-order valence-electron chi connectivity index (χ4n) is 5.60. The number of fused-ring (bicyclic) bond motifs is 1. The van der Waals surface area contributed by atoms with Crippen molar-refractivity contribution >= 4 is 29.7 Å². The van der Waals surface area contributed by atoms with Gasteiger partial charge in [0, 0.05) is 33.1 Å². The highest BCUT2D eigenvalue weighted by atomic mass is 16.3. The summed E-state index contributed by atoms with van der Waals surface area (Å²) in [4.78, 5) is 52.4. The van der Waals surface area contributed by atoms with Crippen LogP contribution in [0.2, 0.25) is 0 Å². The second kappa shape index (κ2) is 8.54. The molecule has 4 rings (SSSR count). The number of phenolic OH excluding ortho intramolecular Hbond substituents is 1. The Hall–Kier alpha value is -2.94. The zero-order valence-corrected chi connectivity index (χ0v) is 18.5. The van der Waals surface area contributed by atoms with E-state index in [9.17, 15) is 24.3 Å². The molecular weight excluding hydrogens is 412 g/mol. The van der Waals surface area contributed by atoms with Crippen molar-refractivity contribution in [1.29, 1.82) is 0 Å². The number of likely N-dealkylation sites (tertiary alicyclic amines) is 1. The number of rotatable bonds is 9. The minimum Gasteiger partial charge on any atom is -0.506 e. The van der Waals surface area contributed by atoms with Crippen LogP contribution in [0.15, 0.2) is 12.1 Å². The number of hydrogen-bond acceptors (Lipinski definition) is 7. The number of phenols is 1. The minimum absolute atomic E-state index is 0.0162. The Morgan fingerprint density at radius 2 is 2.00 bits per heavy atom. The van der Waals surface area contributed by atoms with E-state index in [1.54, 1.807) is 0 Å². The smallest absolute Gasteiger partial charge is 0.264 e. The molecule has 3 aliphatic rings. The maximum absolute atomic E-state index is 13.1. The molecule has 2 aliphatic heterocycles. The van der Waals surface area contributed by atoms with Gasteiger partial charge in [-0.2, -0.15) is 0 Å². The molecule has 0 aromatic heterocycles. The molecule has 1 spiro atoms. The molecule has 172 valence electrons. The zero-order chi connectivity index (χ0) is 23.0. The summed E-state index contributed by atoms with van der Waals surface area (Å²) in [6.45, 7) is 2.90. The van der Waals surface area contributed by atoms with Gasteiger partial charge in [-0.25, -0.2) is 0 Å². The Morgan fingerprint density at radius 3 is 2.62 bits per heavy atom. The van der Waals surface area contributed by atoms with Gasteiger partial charge in [0.1, 0.15) is 12.0 Å². The lowest BCUT2D eigenvalue weighted by Gasteiger charge is -2.58. The number of amides is 3. The van der Waals surface area contributed by atoms with Crippen molar-refractivity contribution in [3.05, 3.63) is 23.3 Å². The maximum Gasteiger partial charge on any atom is 0.264 e. The lowest BCUT2D eigenvalue weighted by molar-refractivity contribution is -0.121. The SMILES string of the molecule is CNC(=O)CCC(C=O)N1C(=O)c2ccc(O)c(NCCC3CC4(C3)CN(C)C4)c2C1=O. The first-order chi connectivity index (χ1) is 15.3. The second-order valence-corrected chi connectivity index (χ2v) is 9.44. The molecule has 1 saturated heterocycles. The van der Waals surface area contributed by atoms with E-state index < -0.39 is 17.9 Å². The number of carbonyl (C=O) groups is 4. The second-order valence-electron chi connectivity index (χ2n) is 9.44. The number of aldehydes is 1. The number of benzene rings is 1. The van der Waals surface area contributed by atoms with Crippen LogP contribution in [0.25, 0.3) is 0 Å². The van der Waals surface area contributed by atoms with E-state index in [4.69, 9.17) is 0 Å². The zero-order valence-electron chi connectivity index (χ0n) is 18.5. The van der Waals surface area contributed by atoms with Gasteiger partial charge in [-0.15, -0.1) is 0 Å². The summed E-state index contributed by atoms with van der Waals surface area (Å²) in [5.41, 5.74) is 0.975. The van der Waals surface area contributed by atoms with Crippen molar-refractivity contribution in [2.45, 2.75) is 38.1 Å². The van der Waals surface area contributed by atoms with Crippen LogP contribution in [0.5, 0.6) is 5.75 Å². The molecule has 1 aromatic rings. The van der Waals surface area contributed by atoms with E-state index in [0.29, 0.717) is 24.2 Å². The van der Waals surface area contributed by atoms with Crippen molar-refractivity contribution in [1.82, 2.24) is 15.1 Å². The molecule has 1 aliphatic carbocycles. The molecule has 3 amide bonds. The Bertz CT molecular complexity index is 948. The van der Waals surface area contributed by atoms with Gasteiger partial charge in [0.15, 0.2) is 0 Å². The van der Waals surface area contributed by atoms with E-state index in [0.717, 1.165) is 24.4 Å². The highest BCUT2D eigenvalue weighted by Crippen LogP contribution is 2.52. The number of anilines is 1. The Morgan fingerprint density at radius 1 is 1.28 bits per heavy atom.